The summed E-state index contributed by atoms with van der Waals surface area (Å²) < 4.78 is 5.99. The highest BCUT2D eigenvalue weighted by atomic mass is 32.2. The maximum absolute atomic E-state index is 5.95. The summed E-state index contributed by atoms with van der Waals surface area (Å²) in [5.41, 5.74) is 5.95. The highest BCUT2D eigenvalue weighted by Gasteiger charge is 2.48. The second-order valence-electron chi connectivity index (χ2n) is 5.44. The summed E-state index contributed by atoms with van der Waals surface area (Å²) in [5, 5.41) is 1.55. The van der Waals surface area contributed by atoms with Gasteiger partial charge in [-0.25, -0.2) is 0 Å². The first kappa shape index (κ1) is 12.4. The summed E-state index contributed by atoms with van der Waals surface area (Å²) in [7, 11) is 0. The molecule has 6 heteroatoms. The van der Waals surface area contributed by atoms with Gasteiger partial charge in [0.25, 0.3) is 0 Å². The van der Waals surface area contributed by atoms with Crippen LogP contribution in [-0.4, -0.2) is 4.75 Å². The summed E-state index contributed by atoms with van der Waals surface area (Å²) in [6.45, 7) is 4.63. The van der Waals surface area contributed by atoms with Gasteiger partial charge in [-0.3, -0.25) is 0 Å². The second kappa shape index (κ2) is 3.79. The molecule has 2 N–H and O–H groups in total. The molecule has 2 atom stereocenters. The molecule has 5 rings (SSSR count). The molecule has 3 aromatic rings. The van der Waals surface area contributed by atoms with Gasteiger partial charge in [0.15, 0.2) is 0 Å². The number of allylic oxidation sites excluding steroid dienone is 1. The minimum Gasteiger partial charge on any atom is -0.391 e. The van der Waals surface area contributed by atoms with Gasteiger partial charge in [0.2, 0.25) is 0 Å². The Morgan fingerprint density at radius 2 is 2.00 bits per heavy atom. The van der Waals surface area contributed by atoms with Crippen molar-refractivity contribution in [2.24, 2.45) is 0 Å². The maximum Gasteiger partial charge on any atom is 0.0877 e. The Morgan fingerprint density at radius 1 is 1.15 bits per heavy atom. The monoisotopic (exact) mass is 353 g/mol. The van der Waals surface area contributed by atoms with Crippen molar-refractivity contribution in [3.8, 4) is 0 Å². The summed E-state index contributed by atoms with van der Waals surface area (Å²) in [6, 6.07) is 2.13. The van der Waals surface area contributed by atoms with E-state index in [2.05, 4.69) is 37.8 Å². The van der Waals surface area contributed by atoms with Crippen molar-refractivity contribution in [3.63, 3.8) is 0 Å². The molecule has 0 aliphatic carbocycles. The van der Waals surface area contributed by atoms with Crippen molar-refractivity contribution in [1.29, 1.82) is 0 Å². The van der Waals surface area contributed by atoms with Gasteiger partial charge in [0, 0.05) is 14.5 Å². The molecular weight excluding hydrogens is 342 g/mol. The van der Waals surface area contributed by atoms with Crippen LogP contribution in [0.3, 0.4) is 0 Å². The second-order valence-corrected chi connectivity index (χ2v) is 11.5. The molecule has 0 amide bonds. The Hall–Kier alpha value is -0.140. The van der Waals surface area contributed by atoms with E-state index in [1.807, 2.05) is 34.4 Å². The Balaban J connectivity index is 1.79. The number of hydrogen-bond donors (Lipinski definition) is 1. The van der Waals surface area contributed by atoms with E-state index in [4.69, 9.17) is 5.73 Å². The molecule has 20 heavy (non-hydrogen) atoms. The summed E-state index contributed by atoms with van der Waals surface area (Å²) in [5.74, 6) is 0. The lowest BCUT2D eigenvalue weighted by Gasteiger charge is -2.20. The highest BCUT2D eigenvalue weighted by molar-refractivity contribution is 8.08. The molecule has 2 aliphatic heterocycles. The fraction of sp³-hybridized carbons (Fsp3) is 0.286. The minimum absolute atomic E-state index is 0.264. The lowest BCUT2D eigenvalue weighted by atomic mass is 10.1. The normalized spacial score (nSPS) is 28.3. The lowest BCUT2D eigenvalue weighted by Crippen LogP contribution is -2.15. The fourth-order valence-corrected chi connectivity index (χ4v) is 10.9. The standard InChI is InChI=1S/C14H11NS5/c1-5-4-14(2)13(16-5)12-11(20-14)10-9(19-12)8-6(17-10)3-7(15)18-8/h3-4,13H,15H2,1-2H3. The number of anilines is 1. The van der Waals surface area contributed by atoms with Crippen LogP contribution in [0.15, 0.2) is 21.9 Å². The van der Waals surface area contributed by atoms with E-state index in [0.717, 1.165) is 5.00 Å². The zero-order valence-corrected chi connectivity index (χ0v) is 14.9. The van der Waals surface area contributed by atoms with E-state index in [9.17, 15) is 0 Å². The third-order valence-electron chi connectivity index (χ3n) is 3.86. The van der Waals surface area contributed by atoms with Crippen LogP contribution in [0.25, 0.3) is 18.8 Å². The maximum atomic E-state index is 5.95. The van der Waals surface area contributed by atoms with E-state index in [1.165, 1.54) is 23.7 Å². The SMILES string of the molecule is CC1=CC2(C)Sc3c(sc4c3sc3cc(N)sc34)C2S1. The average molecular weight is 354 g/mol. The number of nitrogens with two attached hydrogens (primary N) is 1. The number of rotatable bonds is 0. The van der Waals surface area contributed by atoms with E-state index >= 15 is 0 Å². The van der Waals surface area contributed by atoms with Crippen molar-refractivity contribution in [1.82, 2.24) is 0 Å². The Bertz CT molecular complexity index is 911. The van der Waals surface area contributed by atoms with Crippen LogP contribution in [0.2, 0.25) is 0 Å². The molecule has 5 heterocycles. The molecule has 0 saturated heterocycles. The van der Waals surface area contributed by atoms with Gasteiger partial charge < -0.3 is 5.73 Å². The quantitative estimate of drug-likeness (QED) is 0.512. The van der Waals surface area contributed by atoms with Gasteiger partial charge in [-0.2, -0.15) is 0 Å². The lowest BCUT2D eigenvalue weighted by molar-refractivity contribution is 0.804. The van der Waals surface area contributed by atoms with Crippen molar-refractivity contribution in [3.05, 3.63) is 21.9 Å². The smallest absolute Gasteiger partial charge is 0.0877 e. The molecule has 2 unspecified atom stereocenters. The predicted octanol–water partition coefficient (Wildman–Crippen LogP) is 6.32. The van der Waals surface area contributed by atoms with Crippen LogP contribution in [0.5, 0.6) is 0 Å². The predicted molar refractivity (Wildman–Crippen MR) is 97.8 cm³/mol. The molecule has 3 aromatic heterocycles. The Morgan fingerprint density at radius 3 is 2.85 bits per heavy atom. The third kappa shape index (κ3) is 1.42. The van der Waals surface area contributed by atoms with Gasteiger partial charge in [0.05, 0.1) is 29.1 Å². The molecule has 0 saturated carbocycles. The summed E-state index contributed by atoms with van der Waals surface area (Å²) >= 11 is 9.77. The topological polar surface area (TPSA) is 26.0 Å². The van der Waals surface area contributed by atoms with E-state index in [-0.39, 0.29) is 4.75 Å². The molecule has 0 aromatic carbocycles. The van der Waals surface area contributed by atoms with Gasteiger partial charge >= 0.3 is 0 Å². The summed E-state index contributed by atoms with van der Waals surface area (Å²) in [4.78, 5) is 4.60. The molecule has 102 valence electrons. The third-order valence-corrected chi connectivity index (χ3v) is 11.1. The Kier molecular flexibility index (Phi) is 2.35. The molecule has 1 nitrogen and oxygen atoms in total. The highest BCUT2D eigenvalue weighted by Crippen LogP contribution is 2.68. The molecule has 0 radical (unpaired) electrons. The van der Waals surface area contributed by atoms with E-state index in [0.29, 0.717) is 5.25 Å². The molecule has 2 aliphatic rings. The van der Waals surface area contributed by atoms with Crippen LogP contribution >= 0.6 is 57.5 Å². The van der Waals surface area contributed by atoms with Gasteiger partial charge in [-0.15, -0.1) is 57.5 Å². The Labute approximate surface area is 137 Å². The fourth-order valence-electron chi connectivity index (χ4n) is 3.10. The van der Waals surface area contributed by atoms with Crippen LogP contribution in [0, 0.1) is 0 Å². The van der Waals surface area contributed by atoms with Gasteiger partial charge in [-0.1, -0.05) is 6.08 Å². The van der Waals surface area contributed by atoms with Gasteiger partial charge in [-0.05, 0) is 24.8 Å². The average Bonchev–Trinajstić information content (AvgIpc) is 3.05. The molecule has 0 fully saturated rings. The molecular formula is C14H11NS5. The zero-order valence-electron chi connectivity index (χ0n) is 10.9. The number of thioether (sulfide) groups is 2. The number of hydrogen-bond acceptors (Lipinski definition) is 6. The first-order valence-electron chi connectivity index (χ1n) is 6.34. The van der Waals surface area contributed by atoms with Crippen LogP contribution in [0.1, 0.15) is 24.0 Å². The summed E-state index contributed by atoms with van der Waals surface area (Å²) in [6.07, 6.45) is 2.46. The molecule has 0 bridgehead atoms. The van der Waals surface area contributed by atoms with Gasteiger partial charge in [0.1, 0.15) is 0 Å². The van der Waals surface area contributed by atoms with E-state index < -0.39 is 0 Å². The van der Waals surface area contributed by atoms with E-state index in [1.54, 1.807) is 21.1 Å². The minimum atomic E-state index is 0.264. The van der Waals surface area contributed by atoms with Crippen LogP contribution in [-0.2, 0) is 0 Å². The van der Waals surface area contributed by atoms with Crippen molar-refractivity contribution in [2.45, 2.75) is 28.7 Å². The van der Waals surface area contributed by atoms with Crippen molar-refractivity contribution in [2.75, 3.05) is 5.73 Å². The molecule has 0 spiro atoms. The van der Waals surface area contributed by atoms with Crippen molar-refractivity contribution >= 4 is 81.3 Å². The largest absolute Gasteiger partial charge is 0.391 e. The number of thiophene rings is 3. The zero-order chi connectivity index (χ0) is 13.6. The van der Waals surface area contributed by atoms with Crippen LogP contribution < -0.4 is 5.73 Å². The van der Waals surface area contributed by atoms with Crippen LogP contribution in [0.4, 0.5) is 5.00 Å². The number of fused-ring (bicyclic) bond motifs is 7. The van der Waals surface area contributed by atoms with Crippen molar-refractivity contribution < 1.29 is 0 Å². The number of nitrogen functional groups attached to an aromatic ring is 1. The first-order chi connectivity index (χ1) is 9.55. The first-order valence-corrected chi connectivity index (χ1v) is 10.5.